The Morgan fingerprint density at radius 1 is 1.22 bits per heavy atom. The first-order chi connectivity index (χ1) is 8.06. The predicted molar refractivity (Wildman–Crippen MR) is 77.9 cm³/mol. The van der Waals surface area contributed by atoms with Gasteiger partial charge in [0.15, 0.2) is 0 Å². The van der Waals surface area contributed by atoms with Gasteiger partial charge in [-0.2, -0.15) is 0 Å². The lowest BCUT2D eigenvalue weighted by atomic mass is 10.0. The number of amides is 1. The third-order valence-electron chi connectivity index (χ3n) is 2.75. The summed E-state index contributed by atoms with van der Waals surface area (Å²) in [7, 11) is 0. The molecule has 0 bridgehead atoms. The van der Waals surface area contributed by atoms with Crippen LogP contribution in [0.15, 0.2) is 0 Å². The van der Waals surface area contributed by atoms with Crippen molar-refractivity contribution in [3.63, 3.8) is 0 Å². The van der Waals surface area contributed by atoms with Gasteiger partial charge >= 0.3 is 0 Å². The van der Waals surface area contributed by atoms with Gasteiger partial charge in [-0.1, -0.05) is 19.8 Å². The van der Waals surface area contributed by atoms with E-state index in [9.17, 15) is 9.90 Å². The molecule has 5 heteroatoms. The summed E-state index contributed by atoms with van der Waals surface area (Å²) in [6, 6.07) is 0. The molecule has 0 aliphatic rings. The first-order valence-corrected chi connectivity index (χ1v) is 6.71. The zero-order valence-electron chi connectivity index (χ0n) is 11.7. The van der Waals surface area contributed by atoms with Crippen LogP contribution in [0.25, 0.3) is 0 Å². The number of aliphatic hydroxyl groups is 1. The van der Waals surface area contributed by atoms with E-state index < -0.39 is 0 Å². The van der Waals surface area contributed by atoms with Crippen LogP contribution >= 0.6 is 12.4 Å². The van der Waals surface area contributed by atoms with Crippen molar-refractivity contribution in [2.45, 2.75) is 58.5 Å². The van der Waals surface area contributed by atoms with E-state index in [1.165, 1.54) is 0 Å². The molecule has 2 atom stereocenters. The number of halogens is 1. The monoisotopic (exact) mass is 280 g/mol. The quantitative estimate of drug-likeness (QED) is 0.535. The summed E-state index contributed by atoms with van der Waals surface area (Å²) in [6.45, 7) is 5.21. The average molecular weight is 281 g/mol. The van der Waals surface area contributed by atoms with Gasteiger partial charge in [0.1, 0.15) is 0 Å². The van der Waals surface area contributed by atoms with Crippen molar-refractivity contribution in [1.29, 1.82) is 0 Å². The maximum Gasteiger partial charge on any atom is 0.220 e. The van der Waals surface area contributed by atoms with E-state index in [-0.39, 0.29) is 24.4 Å². The number of hydrogen-bond donors (Lipinski definition) is 3. The minimum absolute atomic E-state index is 0. The molecule has 0 aromatic rings. The summed E-state index contributed by atoms with van der Waals surface area (Å²) < 4.78 is 0. The molecule has 0 aliphatic heterocycles. The summed E-state index contributed by atoms with van der Waals surface area (Å²) in [5, 5.41) is 12.1. The zero-order chi connectivity index (χ0) is 13.1. The van der Waals surface area contributed by atoms with Crippen LogP contribution in [-0.2, 0) is 4.79 Å². The lowest BCUT2D eigenvalue weighted by Crippen LogP contribution is -2.29. The van der Waals surface area contributed by atoms with E-state index in [2.05, 4.69) is 5.32 Å². The highest BCUT2D eigenvalue weighted by Crippen LogP contribution is 2.05. The van der Waals surface area contributed by atoms with Crippen molar-refractivity contribution in [1.82, 2.24) is 5.32 Å². The molecule has 2 unspecified atom stereocenters. The standard InChI is InChI=1S/C13H28N2O2.ClH/c1-11(9-12(2)16)10-15-13(17)7-5-3-4-6-8-14;/h11-12,16H,3-10,14H2,1-2H3,(H,15,17);1H. The second-order valence-corrected chi connectivity index (χ2v) is 4.95. The molecule has 4 N–H and O–H groups in total. The summed E-state index contributed by atoms with van der Waals surface area (Å²) in [4.78, 5) is 11.5. The van der Waals surface area contributed by atoms with Crippen molar-refractivity contribution in [2.75, 3.05) is 13.1 Å². The van der Waals surface area contributed by atoms with E-state index in [0.717, 1.165) is 38.6 Å². The largest absolute Gasteiger partial charge is 0.393 e. The lowest BCUT2D eigenvalue weighted by Gasteiger charge is -2.14. The Hall–Kier alpha value is -0.320. The highest BCUT2D eigenvalue weighted by Gasteiger charge is 2.07. The Kier molecular flexibility index (Phi) is 14.6. The van der Waals surface area contributed by atoms with Crippen molar-refractivity contribution in [2.24, 2.45) is 11.7 Å². The second kappa shape index (κ2) is 13.1. The molecule has 0 spiro atoms. The zero-order valence-corrected chi connectivity index (χ0v) is 12.5. The molecular weight excluding hydrogens is 252 g/mol. The van der Waals surface area contributed by atoms with E-state index in [1.54, 1.807) is 6.92 Å². The van der Waals surface area contributed by atoms with Crippen LogP contribution in [0.3, 0.4) is 0 Å². The van der Waals surface area contributed by atoms with Crippen LogP contribution < -0.4 is 11.1 Å². The van der Waals surface area contributed by atoms with Gasteiger partial charge in [0.05, 0.1) is 6.10 Å². The van der Waals surface area contributed by atoms with Gasteiger partial charge < -0.3 is 16.2 Å². The summed E-state index contributed by atoms with van der Waals surface area (Å²) in [5.41, 5.74) is 5.39. The molecule has 0 rings (SSSR count). The lowest BCUT2D eigenvalue weighted by molar-refractivity contribution is -0.121. The fraction of sp³-hybridized carbons (Fsp3) is 0.923. The first kappa shape index (κ1) is 20.0. The molecule has 0 saturated carbocycles. The van der Waals surface area contributed by atoms with Crippen molar-refractivity contribution < 1.29 is 9.90 Å². The number of nitrogens with one attached hydrogen (secondary N) is 1. The molecule has 18 heavy (non-hydrogen) atoms. The van der Waals surface area contributed by atoms with Crippen LogP contribution in [-0.4, -0.2) is 30.2 Å². The summed E-state index contributed by atoms with van der Waals surface area (Å²) in [5.74, 6) is 0.450. The first-order valence-electron chi connectivity index (χ1n) is 6.71. The van der Waals surface area contributed by atoms with Crippen LogP contribution in [0.1, 0.15) is 52.4 Å². The van der Waals surface area contributed by atoms with E-state index >= 15 is 0 Å². The molecule has 1 amide bonds. The third kappa shape index (κ3) is 13.7. The van der Waals surface area contributed by atoms with E-state index in [0.29, 0.717) is 18.9 Å². The molecular formula is C13H29ClN2O2. The Morgan fingerprint density at radius 3 is 2.39 bits per heavy atom. The van der Waals surface area contributed by atoms with Gasteiger partial charge in [-0.05, 0) is 38.6 Å². The SMILES string of the molecule is CC(O)CC(C)CNC(=O)CCCCCCN.Cl. The van der Waals surface area contributed by atoms with Gasteiger partial charge in [0.2, 0.25) is 5.91 Å². The van der Waals surface area contributed by atoms with Gasteiger partial charge in [-0.25, -0.2) is 0 Å². The van der Waals surface area contributed by atoms with Crippen LogP contribution in [0.2, 0.25) is 0 Å². The Balaban J connectivity index is 0. The van der Waals surface area contributed by atoms with Crippen molar-refractivity contribution in [3.05, 3.63) is 0 Å². The van der Waals surface area contributed by atoms with Crippen LogP contribution in [0.4, 0.5) is 0 Å². The molecule has 0 radical (unpaired) electrons. The van der Waals surface area contributed by atoms with Crippen molar-refractivity contribution >= 4 is 18.3 Å². The summed E-state index contributed by atoms with van der Waals surface area (Å²) >= 11 is 0. The Bertz CT molecular complexity index is 201. The molecule has 0 aromatic heterocycles. The van der Waals surface area contributed by atoms with E-state index in [4.69, 9.17) is 5.73 Å². The smallest absolute Gasteiger partial charge is 0.220 e. The maximum atomic E-state index is 11.5. The van der Waals surface area contributed by atoms with Crippen molar-refractivity contribution in [3.8, 4) is 0 Å². The molecule has 110 valence electrons. The molecule has 0 fully saturated rings. The van der Waals surface area contributed by atoms with Crippen LogP contribution in [0, 0.1) is 5.92 Å². The number of nitrogens with two attached hydrogens (primary N) is 1. The summed E-state index contributed by atoms with van der Waals surface area (Å²) in [6.07, 6.45) is 5.22. The molecule has 0 aromatic carbocycles. The maximum absolute atomic E-state index is 11.5. The Morgan fingerprint density at radius 2 is 1.83 bits per heavy atom. The highest BCUT2D eigenvalue weighted by molar-refractivity contribution is 5.85. The van der Waals surface area contributed by atoms with Crippen LogP contribution in [0.5, 0.6) is 0 Å². The highest BCUT2D eigenvalue weighted by atomic mass is 35.5. The minimum Gasteiger partial charge on any atom is -0.393 e. The Labute approximate surface area is 117 Å². The second-order valence-electron chi connectivity index (χ2n) is 4.95. The number of rotatable bonds is 10. The average Bonchev–Trinajstić information content (AvgIpc) is 2.25. The number of carbonyl (C=O) groups is 1. The normalized spacial score (nSPS) is 13.6. The number of aliphatic hydroxyl groups excluding tert-OH is 1. The topological polar surface area (TPSA) is 75.3 Å². The molecule has 0 saturated heterocycles. The number of carbonyl (C=O) groups excluding carboxylic acids is 1. The predicted octanol–water partition coefficient (Wildman–Crippen LogP) is 1.84. The fourth-order valence-corrected chi connectivity index (χ4v) is 1.83. The minimum atomic E-state index is -0.293. The molecule has 0 aliphatic carbocycles. The fourth-order valence-electron chi connectivity index (χ4n) is 1.83. The molecule has 0 heterocycles. The van der Waals surface area contributed by atoms with Gasteiger partial charge in [0, 0.05) is 13.0 Å². The number of unbranched alkanes of at least 4 members (excludes halogenated alkanes) is 3. The van der Waals surface area contributed by atoms with E-state index in [1.807, 2.05) is 6.92 Å². The van der Waals surface area contributed by atoms with Gasteiger partial charge in [-0.15, -0.1) is 12.4 Å². The number of hydrogen-bond acceptors (Lipinski definition) is 3. The molecule has 4 nitrogen and oxygen atoms in total. The van der Waals surface area contributed by atoms with Gasteiger partial charge in [-0.3, -0.25) is 4.79 Å². The third-order valence-corrected chi connectivity index (χ3v) is 2.75. The van der Waals surface area contributed by atoms with Gasteiger partial charge in [0.25, 0.3) is 0 Å².